The summed E-state index contributed by atoms with van der Waals surface area (Å²) in [4.78, 5) is 23.7. The van der Waals surface area contributed by atoms with Crippen LogP contribution in [0, 0.1) is 10.8 Å². The molecule has 3 aliphatic rings. The summed E-state index contributed by atoms with van der Waals surface area (Å²) in [6.07, 6.45) is 10.8. The Morgan fingerprint density at radius 2 is 1.29 bits per heavy atom. The van der Waals surface area contributed by atoms with E-state index in [0.29, 0.717) is 0 Å². The molecule has 0 unspecified atom stereocenters. The minimum Gasteiger partial charge on any atom is -0.294 e. The van der Waals surface area contributed by atoms with Gasteiger partial charge in [-0.15, -0.1) is 0 Å². The van der Waals surface area contributed by atoms with Crippen LogP contribution in [0.2, 0.25) is 0 Å². The van der Waals surface area contributed by atoms with Gasteiger partial charge in [0.1, 0.15) is 0 Å². The Kier molecular flexibility index (Phi) is 1.31. The van der Waals surface area contributed by atoms with Crippen LogP contribution < -0.4 is 0 Å². The van der Waals surface area contributed by atoms with Crippen molar-refractivity contribution in [3.05, 3.63) is 24.3 Å². The van der Waals surface area contributed by atoms with Crippen LogP contribution in [-0.2, 0) is 9.59 Å². The third-order valence-electron chi connectivity index (χ3n) is 4.11. The first kappa shape index (κ1) is 8.16. The van der Waals surface area contributed by atoms with Gasteiger partial charge in [-0.1, -0.05) is 25.0 Å². The average Bonchev–Trinajstić information content (AvgIpc) is 2.67. The molecule has 0 radical (unpaired) electrons. The first-order chi connectivity index (χ1) is 6.71. The maximum absolute atomic E-state index is 11.9. The Bertz CT molecular complexity index is 353. The molecular formula is C12H12O2. The number of carbonyl (C=O) groups excluding carboxylic acids is 2. The van der Waals surface area contributed by atoms with Crippen LogP contribution in [0.5, 0.6) is 0 Å². The molecule has 1 saturated carbocycles. The minimum absolute atomic E-state index is 0.138. The largest absolute Gasteiger partial charge is 0.294 e. The van der Waals surface area contributed by atoms with E-state index in [1.807, 2.05) is 12.2 Å². The molecule has 0 saturated heterocycles. The Hall–Kier alpha value is -1.18. The first-order valence-corrected chi connectivity index (χ1v) is 5.19. The van der Waals surface area contributed by atoms with Crippen molar-refractivity contribution in [1.29, 1.82) is 0 Å². The van der Waals surface area contributed by atoms with E-state index < -0.39 is 10.8 Å². The number of rotatable bonds is 0. The van der Waals surface area contributed by atoms with Crippen LogP contribution in [0.1, 0.15) is 25.7 Å². The SMILES string of the molecule is O=C1C=C[C@@]23CCCC[C@@]12C=CC3=O. The van der Waals surface area contributed by atoms with E-state index in [9.17, 15) is 9.59 Å². The van der Waals surface area contributed by atoms with Crippen molar-refractivity contribution in [3.63, 3.8) is 0 Å². The van der Waals surface area contributed by atoms with Gasteiger partial charge in [0.05, 0.1) is 10.8 Å². The summed E-state index contributed by atoms with van der Waals surface area (Å²) < 4.78 is 0. The molecule has 0 aliphatic heterocycles. The van der Waals surface area contributed by atoms with E-state index in [4.69, 9.17) is 0 Å². The number of ketones is 2. The summed E-state index contributed by atoms with van der Waals surface area (Å²) in [6.45, 7) is 0. The summed E-state index contributed by atoms with van der Waals surface area (Å²) in [7, 11) is 0. The topological polar surface area (TPSA) is 34.1 Å². The van der Waals surface area contributed by atoms with E-state index in [2.05, 4.69) is 0 Å². The molecule has 2 atom stereocenters. The zero-order valence-electron chi connectivity index (χ0n) is 7.95. The third kappa shape index (κ3) is 0.626. The molecule has 3 rings (SSSR count). The summed E-state index contributed by atoms with van der Waals surface area (Å²) in [5.41, 5.74) is -0.940. The summed E-state index contributed by atoms with van der Waals surface area (Å²) in [6, 6.07) is 0. The van der Waals surface area contributed by atoms with Gasteiger partial charge in [-0.2, -0.15) is 0 Å². The third-order valence-corrected chi connectivity index (χ3v) is 4.11. The quantitative estimate of drug-likeness (QED) is 0.581. The van der Waals surface area contributed by atoms with Gasteiger partial charge in [-0.3, -0.25) is 9.59 Å². The highest BCUT2D eigenvalue weighted by Crippen LogP contribution is 2.60. The lowest BCUT2D eigenvalue weighted by molar-refractivity contribution is -0.135. The zero-order chi connectivity index (χ0) is 9.81. The second-order valence-corrected chi connectivity index (χ2v) is 4.54. The number of allylic oxidation sites excluding steroid dienone is 4. The van der Waals surface area contributed by atoms with Crippen LogP contribution in [0.4, 0.5) is 0 Å². The molecule has 2 nitrogen and oxygen atoms in total. The smallest absolute Gasteiger partial charge is 0.166 e. The van der Waals surface area contributed by atoms with Crippen molar-refractivity contribution in [2.45, 2.75) is 25.7 Å². The molecule has 0 aromatic rings. The van der Waals surface area contributed by atoms with Crippen LogP contribution >= 0.6 is 0 Å². The average molecular weight is 188 g/mol. The molecule has 1 fully saturated rings. The highest BCUT2D eigenvalue weighted by Gasteiger charge is 2.62. The monoisotopic (exact) mass is 188 g/mol. The Morgan fingerprint density at radius 1 is 0.857 bits per heavy atom. The van der Waals surface area contributed by atoms with Crippen LogP contribution in [-0.4, -0.2) is 11.6 Å². The highest BCUT2D eigenvalue weighted by atomic mass is 16.1. The molecule has 2 heteroatoms. The van der Waals surface area contributed by atoms with Crippen molar-refractivity contribution in [1.82, 2.24) is 0 Å². The van der Waals surface area contributed by atoms with Gasteiger partial charge in [0.15, 0.2) is 11.6 Å². The Labute approximate surface area is 82.7 Å². The van der Waals surface area contributed by atoms with Gasteiger partial charge in [0.25, 0.3) is 0 Å². The molecule has 0 spiro atoms. The maximum Gasteiger partial charge on any atom is 0.166 e. The fourth-order valence-corrected chi connectivity index (χ4v) is 3.30. The Balaban J connectivity index is 2.22. The summed E-state index contributed by atoms with van der Waals surface area (Å²) in [5, 5.41) is 0. The van der Waals surface area contributed by atoms with Gasteiger partial charge in [0, 0.05) is 0 Å². The standard InChI is InChI=1S/C12H12O2/c13-9-4-8-12-6-2-1-5-11(9,12)7-3-10(12)14/h3-4,7-8H,1-2,5-6H2/t11-,12-/m1/s1. The molecule has 72 valence electrons. The lowest BCUT2D eigenvalue weighted by atomic mass is 9.59. The minimum atomic E-state index is -0.470. The predicted octanol–water partition coefficient (Wildman–Crippen LogP) is 1.81. The normalized spacial score (nSPS) is 44.3. The fourth-order valence-electron chi connectivity index (χ4n) is 3.30. The van der Waals surface area contributed by atoms with Crippen molar-refractivity contribution in [2.24, 2.45) is 10.8 Å². The highest BCUT2D eigenvalue weighted by molar-refractivity contribution is 6.13. The first-order valence-electron chi connectivity index (χ1n) is 5.19. The van der Waals surface area contributed by atoms with E-state index in [-0.39, 0.29) is 11.6 Å². The molecule has 0 aromatic carbocycles. The van der Waals surface area contributed by atoms with Crippen molar-refractivity contribution >= 4 is 11.6 Å². The fraction of sp³-hybridized carbons (Fsp3) is 0.500. The molecule has 14 heavy (non-hydrogen) atoms. The molecule has 0 bridgehead atoms. The Morgan fingerprint density at radius 3 is 1.71 bits per heavy atom. The van der Waals surface area contributed by atoms with Gasteiger partial charge in [-0.05, 0) is 25.0 Å². The van der Waals surface area contributed by atoms with E-state index in [1.165, 1.54) is 0 Å². The molecule has 0 amide bonds. The summed E-state index contributed by atoms with van der Waals surface area (Å²) in [5.74, 6) is 0.276. The van der Waals surface area contributed by atoms with Crippen LogP contribution in [0.3, 0.4) is 0 Å². The molecule has 0 heterocycles. The van der Waals surface area contributed by atoms with Crippen molar-refractivity contribution < 1.29 is 9.59 Å². The molecule has 3 aliphatic carbocycles. The van der Waals surface area contributed by atoms with E-state index in [0.717, 1.165) is 25.7 Å². The number of carbonyl (C=O) groups is 2. The zero-order valence-corrected chi connectivity index (χ0v) is 7.95. The predicted molar refractivity (Wildman–Crippen MR) is 51.6 cm³/mol. The second-order valence-electron chi connectivity index (χ2n) is 4.54. The van der Waals surface area contributed by atoms with E-state index in [1.54, 1.807) is 12.2 Å². The number of hydrogen-bond donors (Lipinski definition) is 0. The number of hydrogen-bond acceptors (Lipinski definition) is 2. The van der Waals surface area contributed by atoms with Gasteiger partial charge < -0.3 is 0 Å². The van der Waals surface area contributed by atoms with Crippen molar-refractivity contribution in [3.8, 4) is 0 Å². The molecule has 0 aromatic heterocycles. The van der Waals surface area contributed by atoms with Crippen LogP contribution in [0.25, 0.3) is 0 Å². The van der Waals surface area contributed by atoms with E-state index >= 15 is 0 Å². The maximum atomic E-state index is 11.9. The second kappa shape index (κ2) is 2.25. The van der Waals surface area contributed by atoms with Crippen LogP contribution in [0.15, 0.2) is 24.3 Å². The lowest BCUT2D eigenvalue weighted by Gasteiger charge is -2.41. The summed E-state index contributed by atoms with van der Waals surface area (Å²) >= 11 is 0. The van der Waals surface area contributed by atoms with Gasteiger partial charge in [0.2, 0.25) is 0 Å². The van der Waals surface area contributed by atoms with Gasteiger partial charge >= 0.3 is 0 Å². The van der Waals surface area contributed by atoms with Crippen molar-refractivity contribution in [2.75, 3.05) is 0 Å². The molecular weight excluding hydrogens is 176 g/mol. The lowest BCUT2D eigenvalue weighted by Crippen LogP contribution is -2.44. The van der Waals surface area contributed by atoms with Gasteiger partial charge in [-0.25, -0.2) is 0 Å². The molecule has 0 N–H and O–H groups in total.